The number of benzene rings is 2. The average Bonchev–Trinajstić information content (AvgIpc) is 3.10. The molecule has 0 atom stereocenters. The van der Waals surface area contributed by atoms with Crippen LogP contribution in [0.15, 0.2) is 28.7 Å². The third kappa shape index (κ3) is 4.57. The molecule has 0 amide bonds. The Hall–Kier alpha value is -2.51. The maximum atomic E-state index is 15.0. The fourth-order valence-corrected chi connectivity index (χ4v) is 4.42. The molecule has 0 unspecified atom stereocenters. The smallest absolute Gasteiger partial charge is 0.490 e. The van der Waals surface area contributed by atoms with Gasteiger partial charge in [-0.3, -0.25) is 0 Å². The second kappa shape index (κ2) is 8.55. The van der Waals surface area contributed by atoms with Gasteiger partial charge in [0.15, 0.2) is 22.7 Å². The second-order valence-electron chi connectivity index (χ2n) is 8.15. The van der Waals surface area contributed by atoms with Gasteiger partial charge in [0, 0.05) is 10.8 Å². The Bertz CT molecular complexity index is 1060. The molecule has 0 bridgehead atoms. The highest BCUT2D eigenvalue weighted by Gasteiger charge is 2.33. The molecule has 1 aliphatic carbocycles. The van der Waals surface area contributed by atoms with Gasteiger partial charge in [-0.1, -0.05) is 32.6 Å². The van der Waals surface area contributed by atoms with E-state index in [0.29, 0.717) is 12.5 Å². The van der Waals surface area contributed by atoms with Crippen LogP contribution >= 0.6 is 0 Å². The van der Waals surface area contributed by atoms with Gasteiger partial charge in [-0.25, -0.2) is 0 Å². The molecule has 4 rings (SSSR count). The molecule has 0 N–H and O–H groups in total. The summed E-state index contributed by atoms with van der Waals surface area (Å²) in [5.74, 6) is -2.09. The van der Waals surface area contributed by atoms with Crippen LogP contribution in [-0.2, 0) is 0 Å². The Labute approximate surface area is 176 Å². The first-order valence-corrected chi connectivity index (χ1v) is 10.5. The SMILES string of the molecule is CCCC1CCC(COc2ccc3c(oc4c(F)c(OC(F)(F)F)ccc43)c2F)CC1. The van der Waals surface area contributed by atoms with Gasteiger partial charge in [-0.05, 0) is 48.9 Å². The van der Waals surface area contributed by atoms with E-state index in [1.807, 2.05) is 0 Å². The van der Waals surface area contributed by atoms with E-state index in [2.05, 4.69) is 11.7 Å². The highest BCUT2D eigenvalue weighted by molar-refractivity contribution is 6.06. The Morgan fingerprint density at radius 2 is 1.42 bits per heavy atom. The summed E-state index contributed by atoms with van der Waals surface area (Å²) in [4.78, 5) is 0. The molecule has 8 heteroatoms. The van der Waals surface area contributed by atoms with Crippen LogP contribution in [0.3, 0.4) is 0 Å². The minimum absolute atomic E-state index is 0.0191. The molecule has 31 heavy (non-hydrogen) atoms. The molecular formula is C23H23F5O3. The molecule has 1 aromatic heterocycles. The van der Waals surface area contributed by atoms with Crippen molar-refractivity contribution in [3.63, 3.8) is 0 Å². The van der Waals surface area contributed by atoms with Crippen molar-refractivity contribution in [1.82, 2.24) is 0 Å². The number of furan rings is 1. The molecular weight excluding hydrogens is 419 g/mol. The van der Waals surface area contributed by atoms with Crippen molar-refractivity contribution >= 4 is 21.9 Å². The average molecular weight is 442 g/mol. The van der Waals surface area contributed by atoms with E-state index >= 15 is 0 Å². The third-order valence-corrected chi connectivity index (χ3v) is 5.98. The number of halogens is 5. The lowest BCUT2D eigenvalue weighted by Gasteiger charge is -2.28. The molecule has 0 aliphatic heterocycles. The van der Waals surface area contributed by atoms with E-state index in [9.17, 15) is 22.0 Å². The number of rotatable bonds is 6. The fraction of sp³-hybridized carbons (Fsp3) is 0.478. The Morgan fingerprint density at radius 3 is 2.00 bits per heavy atom. The number of ether oxygens (including phenoxy) is 2. The normalized spacial score (nSPS) is 19.8. The van der Waals surface area contributed by atoms with Crippen molar-refractivity contribution in [2.75, 3.05) is 6.61 Å². The molecule has 3 nitrogen and oxygen atoms in total. The molecule has 0 radical (unpaired) electrons. The van der Waals surface area contributed by atoms with Crippen LogP contribution in [-0.4, -0.2) is 13.0 Å². The summed E-state index contributed by atoms with van der Waals surface area (Å²) in [6.07, 6.45) is 1.72. The molecule has 0 spiro atoms. The van der Waals surface area contributed by atoms with Crippen LogP contribution in [0.5, 0.6) is 11.5 Å². The van der Waals surface area contributed by atoms with E-state index in [1.54, 1.807) is 0 Å². The molecule has 3 aromatic rings. The van der Waals surface area contributed by atoms with Crippen molar-refractivity contribution in [3.05, 3.63) is 35.9 Å². The lowest BCUT2D eigenvalue weighted by Crippen LogP contribution is -2.20. The standard InChI is InChI=1S/C23H23F5O3/c1-2-3-13-4-6-14(7-5-13)12-29-17-10-8-15-16-9-11-18(31-23(26,27)28)20(25)22(16)30-21(15)19(17)24/h8-11,13-14H,2-7,12H2,1H3. The molecule has 1 saturated carbocycles. The van der Waals surface area contributed by atoms with Gasteiger partial charge in [0.1, 0.15) is 0 Å². The summed E-state index contributed by atoms with van der Waals surface area (Å²) < 4.78 is 81.4. The number of fused-ring (bicyclic) bond motifs is 3. The van der Waals surface area contributed by atoms with Gasteiger partial charge in [0.25, 0.3) is 0 Å². The first kappa shape index (κ1) is 21.7. The third-order valence-electron chi connectivity index (χ3n) is 5.98. The van der Waals surface area contributed by atoms with Crippen molar-refractivity contribution in [2.45, 2.75) is 51.8 Å². The summed E-state index contributed by atoms with van der Waals surface area (Å²) in [5.41, 5.74) is -0.760. The summed E-state index contributed by atoms with van der Waals surface area (Å²) in [5, 5.41) is 0.402. The van der Waals surface area contributed by atoms with Crippen LogP contribution in [0.25, 0.3) is 21.9 Å². The van der Waals surface area contributed by atoms with Gasteiger partial charge < -0.3 is 13.9 Å². The summed E-state index contributed by atoms with van der Waals surface area (Å²) in [7, 11) is 0. The van der Waals surface area contributed by atoms with Crippen LogP contribution in [0, 0.1) is 23.5 Å². The van der Waals surface area contributed by atoms with E-state index < -0.39 is 29.3 Å². The van der Waals surface area contributed by atoms with Gasteiger partial charge in [0.2, 0.25) is 11.6 Å². The van der Waals surface area contributed by atoms with E-state index in [-0.39, 0.29) is 22.1 Å². The zero-order valence-corrected chi connectivity index (χ0v) is 17.0. The zero-order chi connectivity index (χ0) is 22.2. The fourth-order valence-electron chi connectivity index (χ4n) is 4.42. The van der Waals surface area contributed by atoms with Crippen LogP contribution in [0.4, 0.5) is 22.0 Å². The predicted octanol–water partition coefficient (Wildman–Crippen LogP) is 7.75. The summed E-state index contributed by atoms with van der Waals surface area (Å²) >= 11 is 0. The first-order chi connectivity index (χ1) is 14.8. The highest BCUT2D eigenvalue weighted by Crippen LogP contribution is 2.39. The Morgan fingerprint density at radius 1 is 0.871 bits per heavy atom. The maximum Gasteiger partial charge on any atom is 0.573 e. The molecule has 0 saturated heterocycles. The molecule has 1 heterocycles. The Balaban J connectivity index is 1.54. The second-order valence-corrected chi connectivity index (χ2v) is 8.15. The lowest BCUT2D eigenvalue weighted by molar-refractivity contribution is -0.275. The van der Waals surface area contributed by atoms with Gasteiger partial charge >= 0.3 is 6.36 Å². The number of alkyl halides is 3. The lowest BCUT2D eigenvalue weighted by atomic mass is 9.80. The van der Waals surface area contributed by atoms with E-state index in [0.717, 1.165) is 37.7 Å². The van der Waals surface area contributed by atoms with Gasteiger partial charge in [0.05, 0.1) is 6.61 Å². The zero-order valence-electron chi connectivity index (χ0n) is 17.0. The van der Waals surface area contributed by atoms with Crippen LogP contribution < -0.4 is 9.47 Å². The summed E-state index contributed by atoms with van der Waals surface area (Å²) in [6, 6.07) is 5.01. The summed E-state index contributed by atoms with van der Waals surface area (Å²) in [6.45, 7) is 2.56. The van der Waals surface area contributed by atoms with E-state index in [1.165, 1.54) is 31.0 Å². The van der Waals surface area contributed by atoms with Crippen molar-refractivity contribution in [3.8, 4) is 11.5 Å². The van der Waals surface area contributed by atoms with E-state index in [4.69, 9.17) is 9.15 Å². The number of hydrogen-bond donors (Lipinski definition) is 0. The molecule has 1 aliphatic rings. The van der Waals surface area contributed by atoms with Crippen molar-refractivity contribution in [2.24, 2.45) is 11.8 Å². The predicted molar refractivity (Wildman–Crippen MR) is 106 cm³/mol. The molecule has 2 aromatic carbocycles. The maximum absolute atomic E-state index is 15.0. The van der Waals surface area contributed by atoms with Crippen molar-refractivity contribution < 1.29 is 35.8 Å². The van der Waals surface area contributed by atoms with Crippen LogP contribution in [0.1, 0.15) is 45.4 Å². The van der Waals surface area contributed by atoms with Crippen LogP contribution in [0.2, 0.25) is 0 Å². The quantitative estimate of drug-likeness (QED) is 0.366. The topological polar surface area (TPSA) is 31.6 Å². The minimum Gasteiger partial charge on any atom is -0.490 e. The van der Waals surface area contributed by atoms with Crippen molar-refractivity contribution in [1.29, 1.82) is 0 Å². The van der Waals surface area contributed by atoms with Gasteiger partial charge in [-0.15, -0.1) is 13.2 Å². The van der Waals surface area contributed by atoms with Gasteiger partial charge in [-0.2, -0.15) is 8.78 Å². The monoisotopic (exact) mass is 442 g/mol. The minimum atomic E-state index is -5.05. The number of hydrogen-bond acceptors (Lipinski definition) is 3. The Kier molecular flexibility index (Phi) is 5.99. The largest absolute Gasteiger partial charge is 0.573 e. The highest BCUT2D eigenvalue weighted by atomic mass is 19.4. The molecule has 1 fully saturated rings. The molecule has 168 valence electrons. The first-order valence-electron chi connectivity index (χ1n) is 10.5.